The van der Waals surface area contributed by atoms with Crippen LogP contribution in [0, 0.1) is 0 Å². The first-order chi connectivity index (χ1) is 9.33. The van der Waals surface area contributed by atoms with Crippen LogP contribution < -0.4 is 10.6 Å². The number of carboxylic acid groups (broad SMARTS) is 1. The van der Waals surface area contributed by atoms with Crippen LogP contribution in [-0.2, 0) is 23.9 Å². The SMILES string of the molecule is COC(=O)C[C@H](NC(=O)N1CC(=O)NC(=O)C1)C(=O)O. The Hall–Kier alpha value is -2.65. The highest BCUT2D eigenvalue weighted by molar-refractivity contribution is 6.02. The summed E-state index contributed by atoms with van der Waals surface area (Å²) in [4.78, 5) is 56.7. The molecule has 10 nitrogen and oxygen atoms in total. The largest absolute Gasteiger partial charge is 0.480 e. The summed E-state index contributed by atoms with van der Waals surface area (Å²) in [5, 5.41) is 12.9. The van der Waals surface area contributed by atoms with E-state index in [4.69, 9.17) is 5.11 Å². The molecular weight excluding hydrogens is 274 g/mol. The van der Waals surface area contributed by atoms with Gasteiger partial charge in [0, 0.05) is 0 Å². The number of piperazine rings is 1. The molecule has 0 aromatic carbocycles. The van der Waals surface area contributed by atoms with Crippen LogP contribution in [0.5, 0.6) is 0 Å². The molecule has 1 fully saturated rings. The number of urea groups is 1. The van der Waals surface area contributed by atoms with Gasteiger partial charge in [-0.15, -0.1) is 0 Å². The summed E-state index contributed by atoms with van der Waals surface area (Å²) in [6, 6.07) is -2.43. The molecule has 0 aromatic rings. The van der Waals surface area contributed by atoms with Crippen molar-refractivity contribution in [2.24, 2.45) is 0 Å². The topological polar surface area (TPSA) is 142 Å². The lowest BCUT2D eigenvalue weighted by Gasteiger charge is -2.26. The number of rotatable bonds is 4. The van der Waals surface area contributed by atoms with Gasteiger partial charge < -0.3 is 20.1 Å². The standard InChI is InChI=1S/C10H13N3O7/c1-20-8(16)2-5(9(17)18)11-10(19)13-3-6(14)12-7(15)4-13/h5H,2-4H2,1H3,(H,11,19)(H,17,18)(H,12,14,15)/t5-/m0/s1. The molecule has 20 heavy (non-hydrogen) atoms. The van der Waals surface area contributed by atoms with Gasteiger partial charge in [0.15, 0.2) is 0 Å². The van der Waals surface area contributed by atoms with E-state index in [1.54, 1.807) is 0 Å². The zero-order valence-electron chi connectivity index (χ0n) is 10.5. The lowest BCUT2D eigenvalue weighted by Crippen LogP contribution is -2.57. The Morgan fingerprint density at radius 3 is 2.35 bits per heavy atom. The van der Waals surface area contributed by atoms with Crippen molar-refractivity contribution in [3.05, 3.63) is 0 Å². The Balaban J connectivity index is 2.66. The molecule has 0 bridgehead atoms. The highest BCUT2D eigenvalue weighted by Crippen LogP contribution is 2.00. The molecule has 1 aliphatic rings. The maximum atomic E-state index is 11.7. The molecule has 1 aliphatic heterocycles. The fraction of sp³-hybridized carbons (Fsp3) is 0.500. The number of imide groups is 1. The van der Waals surface area contributed by atoms with Gasteiger partial charge in [0.05, 0.1) is 13.5 Å². The predicted octanol–water partition coefficient (Wildman–Crippen LogP) is -2.33. The van der Waals surface area contributed by atoms with E-state index in [0.29, 0.717) is 0 Å². The molecular formula is C10H13N3O7. The summed E-state index contributed by atoms with van der Waals surface area (Å²) < 4.78 is 4.31. The third-order valence-electron chi connectivity index (χ3n) is 2.43. The molecule has 0 radical (unpaired) electrons. The van der Waals surface area contributed by atoms with Gasteiger partial charge in [-0.2, -0.15) is 0 Å². The fourth-order valence-corrected chi connectivity index (χ4v) is 1.47. The van der Waals surface area contributed by atoms with E-state index < -0.39 is 42.2 Å². The van der Waals surface area contributed by atoms with Crippen molar-refractivity contribution in [1.82, 2.24) is 15.5 Å². The lowest BCUT2D eigenvalue weighted by molar-refractivity contribution is -0.147. The number of ether oxygens (including phenoxy) is 1. The van der Waals surface area contributed by atoms with E-state index in [1.807, 2.05) is 10.6 Å². The Kier molecular flexibility index (Phi) is 5.01. The Bertz CT molecular complexity index is 446. The molecule has 3 N–H and O–H groups in total. The third kappa shape index (κ3) is 4.23. The molecule has 4 amide bonds. The molecule has 0 aliphatic carbocycles. The average molecular weight is 287 g/mol. The zero-order chi connectivity index (χ0) is 15.3. The summed E-state index contributed by atoms with van der Waals surface area (Å²) in [7, 11) is 1.08. The molecule has 0 saturated carbocycles. The Labute approximate surface area is 113 Å². The van der Waals surface area contributed by atoms with Gasteiger partial charge in [-0.3, -0.25) is 19.7 Å². The third-order valence-corrected chi connectivity index (χ3v) is 2.43. The summed E-state index contributed by atoms with van der Waals surface area (Å²) in [5.74, 6) is -3.59. The van der Waals surface area contributed by atoms with Crippen molar-refractivity contribution < 1.29 is 33.8 Å². The minimum atomic E-state index is -1.50. The summed E-state index contributed by atoms with van der Waals surface area (Å²) in [6.07, 6.45) is -0.564. The van der Waals surface area contributed by atoms with Crippen LogP contribution in [0.3, 0.4) is 0 Å². The van der Waals surface area contributed by atoms with E-state index in [9.17, 15) is 24.0 Å². The molecule has 1 rings (SSSR count). The normalized spacial score (nSPS) is 16.1. The van der Waals surface area contributed by atoms with Crippen LogP contribution in [0.4, 0.5) is 4.79 Å². The minimum absolute atomic E-state index is 0.373. The maximum Gasteiger partial charge on any atom is 0.326 e. The highest BCUT2D eigenvalue weighted by atomic mass is 16.5. The van der Waals surface area contributed by atoms with Gasteiger partial charge in [-0.25, -0.2) is 9.59 Å². The van der Waals surface area contributed by atoms with Crippen LogP contribution in [0.25, 0.3) is 0 Å². The molecule has 0 spiro atoms. The number of carboxylic acids is 1. The van der Waals surface area contributed by atoms with E-state index in [-0.39, 0.29) is 13.1 Å². The lowest BCUT2D eigenvalue weighted by atomic mass is 10.2. The number of nitrogens with one attached hydrogen (secondary N) is 2. The van der Waals surface area contributed by atoms with Crippen molar-refractivity contribution in [3.8, 4) is 0 Å². The molecule has 0 aromatic heterocycles. The molecule has 0 unspecified atom stereocenters. The number of methoxy groups -OCH3 is 1. The van der Waals surface area contributed by atoms with E-state index >= 15 is 0 Å². The van der Waals surface area contributed by atoms with Gasteiger partial charge in [-0.05, 0) is 0 Å². The predicted molar refractivity (Wildman–Crippen MR) is 61.3 cm³/mol. The number of aliphatic carboxylic acids is 1. The fourth-order valence-electron chi connectivity index (χ4n) is 1.47. The first-order valence-corrected chi connectivity index (χ1v) is 5.51. The van der Waals surface area contributed by atoms with Crippen molar-refractivity contribution in [2.75, 3.05) is 20.2 Å². The van der Waals surface area contributed by atoms with E-state index in [2.05, 4.69) is 4.74 Å². The second-order valence-corrected chi connectivity index (χ2v) is 3.95. The van der Waals surface area contributed by atoms with Gasteiger partial charge >= 0.3 is 18.0 Å². The summed E-state index contributed by atoms with van der Waals surface area (Å²) >= 11 is 0. The average Bonchev–Trinajstić information content (AvgIpc) is 2.36. The number of esters is 1. The van der Waals surface area contributed by atoms with Crippen LogP contribution in [0.2, 0.25) is 0 Å². The smallest absolute Gasteiger partial charge is 0.326 e. The zero-order valence-corrected chi connectivity index (χ0v) is 10.5. The van der Waals surface area contributed by atoms with Crippen LogP contribution in [-0.4, -0.2) is 66.0 Å². The second kappa shape index (κ2) is 6.50. The van der Waals surface area contributed by atoms with Gasteiger partial charge in [0.2, 0.25) is 11.8 Å². The van der Waals surface area contributed by atoms with Gasteiger partial charge in [0.25, 0.3) is 0 Å². The van der Waals surface area contributed by atoms with Crippen molar-refractivity contribution in [1.29, 1.82) is 0 Å². The second-order valence-electron chi connectivity index (χ2n) is 3.95. The van der Waals surface area contributed by atoms with Crippen molar-refractivity contribution >= 4 is 29.8 Å². The summed E-state index contributed by atoms with van der Waals surface area (Å²) in [6.45, 7) is -0.746. The number of amides is 4. The minimum Gasteiger partial charge on any atom is -0.480 e. The quantitative estimate of drug-likeness (QED) is 0.389. The number of hydrogen-bond acceptors (Lipinski definition) is 6. The molecule has 1 heterocycles. The molecule has 110 valence electrons. The number of hydrogen-bond donors (Lipinski definition) is 3. The van der Waals surface area contributed by atoms with Gasteiger partial charge in [-0.1, -0.05) is 0 Å². The molecule has 1 saturated heterocycles. The van der Waals surface area contributed by atoms with Gasteiger partial charge in [0.1, 0.15) is 19.1 Å². The van der Waals surface area contributed by atoms with Crippen molar-refractivity contribution in [3.63, 3.8) is 0 Å². The Morgan fingerprint density at radius 1 is 1.35 bits per heavy atom. The molecule has 10 heteroatoms. The van der Waals surface area contributed by atoms with Crippen LogP contribution in [0.1, 0.15) is 6.42 Å². The Morgan fingerprint density at radius 2 is 1.90 bits per heavy atom. The van der Waals surface area contributed by atoms with Crippen molar-refractivity contribution in [2.45, 2.75) is 12.5 Å². The van der Waals surface area contributed by atoms with E-state index in [0.717, 1.165) is 12.0 Å². The number of nitrogens with zero attached hydrogens (tertiary/aromatic N) is 1. The number of carbonyl (C=O) groups excluding carboxylic acids is 4. The number of carbonyl (C=O) groups is 5. The first kappa shape index (κ1) is 15.4. The van der Waals surface area contributed by atoms with Crippen LogP contribution in [0.15, 0.2) is 0 Å². The summed E-state index contributed by atoms with van der Waals surface area (Å²) in [5.41, 5.74) is 0. The monoisotopic (exact) mass is 287 g/mol. The maximum absolute atomic E-state index is 11.7. The first-order valence-electron chi connectivity index (χ1n) is 5.51. The highest BCUT2D eigenvalue weighted by Gasteiger charge is 2.30. The molecule has 1 atom stereocenters. The van der Waals surface area contributed by atoms with E-state index in [1.165, 1.54) is 0 Å². The van der Waals surface area contributed by atoms with Crippen LogP contribution >= 0.6 is 0 Å².